The van der Waals surface area contributed by atoms with Crippen molar-refractivity contribution in [3.05, 3.63) is 0 Å². The Labute approximate surface area is 59.2 Å². The van der Waals surface area contributed by atoms with Gasteiger partial charge in [-0.15, -0.1) is 0 Å². The van der Waals surface area contributed by atoms with Crippen molar-refractivity contribution >= 4 is 5.78 Å². The molecule has 4 saturated carbocycles. The number of Topliss-reactive ketones (excluding diaryl/α,β-unsaturated/α-hetero) is 1. The summed E-state index contributed by atoms with van der Waals surface area (Å²) in [6, 6.07) is 0. The van der Waals surface area contributed by atoms with Crippen LogP contribution in [-0.4, -0.2) is 17.0 Å². The number of ketones is 1. The molecule has 1 N–H and O–H groups in total. The van der Waals surface area contributed by atoms with Crippen molar-refractivity contribution < 1.29 is 9.90 Å². The van der Waals surface area contributed by atoms with Crippen molar-refractivity contribution in [1.82, 2.24) is 0 Å². The topological polar surface area (TPSA) is 37.3 Å². The molecule has 5 unspecified atom stereocenters. The summed E-state index contributed by atoms with van der Waals surface area (Å²) in [6.07, 6.45) is 1.67. The predicted octanol–water partition coefficient (Wildman–Crippen LogP) is 0.202. The summed E-state index contributed by atoms with van der Waals surface area (Å²) in [6.45, 7) is 0. The first-order valence-electron chi connectivity index (χ1n) is 4.00. The van der Waals surface area contributed by atoms with Crippen LogP contribution in [0.2, 0.25) is 0 Å². The average molecular weight is 138 g/mol. The number of carbonyl (C=O) groups is 1. The van der Waals surface area contributed by atoms with Gasteiger partial charge < -0.3 is 5.11 Å². The number of hydrogen-bond donors (Lipinski definition) is 1. The molecular formula is C8H10O2. The van der Waals surface area contributed by atoms with Crippen LogP contribution in [0.3, 0.4) is 0 Å². The van der Waals surface area contributed by atoms with Crippen LogP contribution in [-0.2, 0) is 4.79 Å². The van der Waals surface area contributed by atoms with E-state index in [0.29, 0.717) is 35.9 Å². The zero-order valence-corrected chi connectivity index (χ0v) is 5.66. The van der Waals surface area contributed by atoms with E-state index >= 15 is 0 Å². The third-order valence-corrected chi connectivity index (χ3v) is 3.52. The Hall–Kier alpha value is -0.370. The van der Waals surface area contributed by atoms with Gasteiger partial charge in [-0.1, -0.05) is 0 Å². The van der Waals surface area contributed by atoms with Crippen LogP contribution in [0.5, 0.6) is 0 Å². The van der Waals surface area contributed by atoms with Gasteiger partial charge in [0.15, 0.2) is 0 Å². The number of carbonyl (C=O) groups excluding carboxylic acids is 1. The molecule has 2 nitrogen and oxygen atoms in total. The van der Waals surface area contributed by atoms with Gasteiger partial charge in [-0.2, -0.15) is 0 Å². The van der Waals surface area contributed by atoms with Gasteiger partial charge in [0.05, 0.1) is 6.10 Å². The lowest BCUT2D eigenvalue weighted by Gasteiger charge is -2.24. The van der Waals surface area contributed by atoms with Gasteiger partial charge in [-0.3, -0.25) is 4.79 Å². The molecule has 0 aromatic heterocycles. The average Bonchev–Trinajstić information content (AvgIpc) is 2.54. The Balaban J connectivity index is 2.01. The summed E-state index contributed by atoms with van der Waals surface area (Å²) in [5.74, 6) is 2.05. The maximum atomic E-state index is 11.1. The Kier molecular flexibility index (Phi) is 0.691. The molecule has 0 amide bonds. The highest BCUT2D eigenvalue weighted by Crippen LogP contribution is 2.64. The first-order valence-corrected chi connectivity index (χ1v) is 4.00. The van der Waals surface area contributed by atoms with Crippen LogP contribution >= 0.6 is 0 Å². The van der Waals surface area contributed by atoms with E-state index in [-0.39, 0.29) is 6.10 Å². The van der Waals surface area contributed by atoms with Crippen LogP contribution in [0.25, 0.3) is 0 Å². The van der Waals surface area contributed by atoms with Gasteiger partial charge in [-0.05, 0) is 24.2 Å². The molecule has 4 rings (SSSR count). The van der Waals surface area contributed by atoms with Crippen molar-refractivity contribution in [2.45, 2.75) is 18.9 Å². The van der Waals surface area contributed by atoms with Crippen molar-refractivity contribution in [2.24, 2.45) is 23.7 Å². The summed E-state index contributed by atoms with van der Waals surface area (Å²) in [4.78, 5) is 11.1. The summed E-state index contributed by atoms with van der Waals surface area (Å²) < 4.78 is 0. The van der Waals surface area contributed by atoms with Gasteiger partial charge in [0, 0.05) is 12.3 Å². The molecule has 0 aromatic rings. The molecular weight excluding hydrogens is 128 g/mol. The highest BCUT2D eigenvalue weighted by atomic mass is 16.3. The van der Waals surface area contributed by atoms with Gasteiger partial charge in [-0.25, -0.2) is 0 Å². The van der Waals surface area contributed by atoms with Gasteiger partial charge in [0.2, 0.25) is 0 Å². The molecule has 4 bridgehead atoms. The molecule has 0 spiro atoms. The molecule has 4 aliphatic carbocycles. The van der Waals surface area contributed by atoms with E-state index in [0.717, 1.165) is 6.42 Å². The fourth-order valence-electron chi connectivity index (χ4n) is 3.03. The first-order chi connectivity index (χ1) is 4.79. The fourth-order valence-corrected chi connectivity index (χ4v) is 3.03. The number of hydrogen-bond acceptors (Lipinski definition) is 2. The molecule has 5 atom stereocenters. The smallest absolute Gasteiger partial charge is 0.137 e. The Morgan fingerprint density at radius 2 is 2.30 bits per heavy atom. The van der Waals surface area contributed by atoms with Crippen molar-refractivity contribution in [2.75, 3.05) is 0 Å². The Morgan fingerprint density at radius 3 is 2.70 bits per heavy atom. The number of aliphatic hydroxyl groups is 1. The first kappa shape index (κ1) is 5.30. The van der Waals surface area contributed by atoms with Crippen LogP contribution in [0.1, 0.15) is 12.8 Å². The highest BCUT2D eigenvalue weighted by molar-refractivity contribution is 5.87. The number of fused-ring (bicyclic) bond motifs is 1. The largest absolute Gasteiger partial charge is 0.393 e. The van der Waals surface area contributed by atoms with Crippen molar-refractivity contribution in [1.29, 1.82) is 0 Å². The molecule has 10 heavy (non-hydrogen) atoms. The lowest BCUT2D eigenvalue weighted by molar-refractivity contribution is -0.126. The van der Waals surface area contributed by atoms with Gasteiger partial charge in [0.1, 0.15) is 5.78 Å². The molecule has 0 aliphatic heterocycles. The van der Waals surface area contributed by atoms with E-state index < -0.39 is 0 Å². The molecule has 4 fully saturated rings. The van der Waals surface area contributed by atoms with Crippen LogP contribution in [0.4, 0.5) is 0 Å². The standard InChI is InChI=1S/C8H10O2/c9-5-2-3-1-4-6(5)7(4)8(3)10/h3-4,6-8,10H,1-2H2. The maximum absolute atomic E-state index is 11.1. The summed E-state index contributed by atoms with van der Waals surface area (Å²) in [5.41, 5.74) is 0. The van der Waals surface area contributed by atoms with Crippen molar-refractivity contribution in [3.63, 3.8) is 0 Å². The minimum atomic E-state index is -0.118. The zero-order chi connectivity index (χ0) is 6.88. The van der Waals surface area contributed by atoms with Crippen LogP contribution in [0, 0.1) is 23.7 Å². The maximum Gasteiger partial charge on any atom is 0.137 e. The summed E-state index contributed by atoms with van der Waals surface area (Å²) in [5, 5.41) is 9.50. The molecule has 0 saturated heterocycles. The molecule has 54 valence electrons. The zero-order valence-electron chi connectivity index (χ0n) is 5.66. The minimum absolute atomic E-state index is 0.118. The SMILES string of the molecule is O=C1CC2CC3C1C3C2O. The highest BCUT2D eigenvalue weighted by Gasteiger charge is 2.67. The molecule has 0 radical (unpaired) electrons. The normalized spacial score (nSPS) is 62.9. The molecule has 2 heteroatoms. The molecule has 4 aliphatic rings. The second-order valence-electron chi connectivity index (χ2n) is 3.92. The second kappa shape index (κ2) is 1.30. The third kappa shape index (κ3) is 0.382. The third-order valence-electron chi connectivity index (χ3n) is 3.52. The fraction of sp³-hybridized carbons (Fsp3) is 0.875. The molecule has 0 aromatic carbocycles. The van der Waals surface area contributed by atoms with Gasteiger partial charge in [0.25, 0.3) is 0 Å². The number of rotatable bonds is 0. The quantitative estimate of drug-likeness (QED) is 0.519. The second-order valence-corrected chi connectivity index (χ2v) is 3.92. The number of aliphatic hydroxyl groups excluding tert-OH is 1. The van der Waals surface area contributed by atoms with Gasteiger partial charge >= 0.3 is 0 Å². The van der Waals surface area contributed by atoms with E-state index in [2.05, 4.69) is 0 Å². The monoisotopic (exact) mass is 138 g/mol. The van der Waals surface area contributed by atoms with E-state index in [4.69, 9.17) is 0 Å². The molecule has 0 heterocycles. The van der Waals surface area contributed by atoms with E-state index in [1.165, 1.54) is 0 Å². The Morgan fingerprint density at radius 1 is 1.50 bits per heavy atom. The van der Waals surface area contributed by atoms with Crippen molar-refractivity contribution in [3.8, 4) is 0 Å². The van der Waals surface area contributed by atoms with E-state index in [1.807, 2.05) is 0 Å². The lowest BCUT2D eigenvalue weighted by atomic mass is 9.83. The van der Waals surface area contributed by atoms with Crippen LogP contribution < -0.4 is 0 Å². The minimum Gasteiger partial charge on any atom is -0.393 e. The summed E-state index contributed by atoms with van der Waals surface area (Å²) >= 11 is 0. The lowest BCUT2D eigenvalue weighted by Crippen LogP contribution is -2.31. The van der Waals surface area contributed by atoms with Crippen LogP contribution in [0.15, 0.2) is 0 Å². The van der Waals surface area contributed by atoms with E-state index in [1.54, 1.807) is 0 Å². The summed E-state index contributed by atoms with van der Waals surface area (Å²) in [7, 11) is 0. The Bertz CT molecular complexity index is 209. The van der Waals surface area contributed by atoms with E-state index in [9.17, 15) is 9.90 Å². The predicted molar refractivity (Wildman–Crippen MR) is 34.2 cm³/mol.